The van der Waals surface area contributed by atoms with Crippen LogP contribution in [0.3, 0.4) is 0 Å². The summed E-state index contributed by atoms with van der Waals surface area (Å²) in [6, 6.07) is 15.1. The lowest BCUT2D eigenvalue weighted by atomic mass is 10.1. The highest BCUT2D eigenvalue weighted by Gasteiger charge is 2.54. The van der Waals surface area contributed by atoms with Crippen molar-refractivity contribution >= 4 is 33.7 Å². The molecule has 0 aromatic heterocycles. The topological polar surface area (TPSA) is 94.6 Å². The van der Waals surface area contributed by atoms with Crippen LogP contribution in [0.2, 0.25) is 25.7 Å². The lowest BCUT2D eigenvalue weighted by Crippen LogP contribution is -2.46. The second-order valence-corrected chi connectivity index (χ2v) is 21.1. The minimum Gasteiger partial charge on any atom is -0.455 e. The Balaban J connectivity index is 2.77. The Morgan fingerprint density at radius 2 is 1.18 bits per heavy atom. The lowest BCUT2D eigenvalue weighted by Gasteiger charge is -2.32. The van der Waals surface area contributed by atoms with Crippen LogP contribution in [0.4, 0.5) is 13.2 Å². The van der Waals surface area contributed by atoms with Crippen molar-refractivity contribution in [2.75, 3.05) is 6.61 Å². The number of carbonyl (C=O) groups excluding carboxylic acids is 1. The number of carbonyl (C=O) groups is 1. The molecule has 0 saturated heterocycles. The van der Waals surface area contributed by atoms with Gasteiger partial charge in [-0.15, -0.1) is 0 Å². The Hall–Kier alpha value is -2.70. The number of ether oxygens (including phenoxy) is 1. The highest BCUT2D eigenvalue weighted by Crippen LogP contribution is 2.42. The summed E-state index contributed by atoms with van der Waals surface area (Å²) in [5.74, 6) is -2.40. The maximum atomic E-state index is 14.3. The average molecular weight is 617 g/mol. The van der Waals surface area contributed by atoms with Crippen molar-refractivity contribution < 1.29 is 39.5 Å². The molecule has 0 N–H and O–H groups in total. The zero-order valence-corrected chi connectivity index (χ0v) is 25.8. The molecule has 0 unspecified atom stereocenters. The van der Waals surface area contributed by atoms with Crippen molar-refractivity contribution in [3.63, 3.8) is 0 Å². The quantitative estimate of drug-likeness (QED) is 0.149. The smallest absolute Gasteiger partial charge is 0.455 e. The van der Waals surface area contributed by atoms with Gasteiger partial charge in [-0.2, -0.15) is 13.2 Å². The molecule has 12 heteroatoms. The summed E-state index contributed by atoms with van der Waals surface area (Å²) in [5.41, 5.74) is 0.908. The molecule has 0 aliphatic rings. The van der Waals surface area contributed by atoms with Gasteiger partial charge in [-0.25, -0.2) is 21.6 Å². The fourth-order valence-electron chi connectivity index (χ4n) is 4.18. The van der Waals surface area contributed by atoms with Gasteiger partial charge in [0.1, 0.15) is 6.61 Å². The standard InChI is InChI=1S/C28H35F3O6S2Si/c1-22(20-37-26(32)28(29,30)31)16-18-27(19-17-23(2)21-40(3,4)5,38(33,34)24-12-8-6-9-13-24)39(35,36)25-14-10-7-11-15-25/h6-17H,18-21H2,1-5H3/b22-16+,23-17-. The molecule has 0 aliphatic heterocycles. The molecule has 0 spiro atoms. The molecule has 2 aromatic rings. The maximum absolute atomic E-state index is 14.3. The molecule has 0 bridgehead atoms. The van der Waals surface area contributed by atoms with E-state index >= 15 is 0 Å². The van der Waals surface area contributed by atoms with E-state index in [0.29, 0.717) is 6.04 Å². The van der Waals surface area contributed by atoms with Crippen molar-refractivity contribution in [3.8, 4) is 0 Å². The van der Waals surface area contributed by atoms with Gasteiger partial charge in [0.2, 0.25) is 0 Å². The minimum absolute atomic E-state index is 0.0660. The van der Waals surface area contributed by atoms with E-state index in [0.717, 1.165) is 5.57 Å². The molecular weight excluding hydrogens is 582 g/mol. The average Bonchev–Trinajstić information content (AvgIpc) is 2.86. The molecular formula is C28H35F3O6S2Si. The van der Waals surface area contributed by atoms with E-state index in [-0.39, 0.29) is 15.4 Å². The second-order valence-electron chi connectivity index (χ2n) is 10.9. The number of esters is 1. The fourth-order valence-corrected chi connectivity index (χ4v) is 10.8. The number of halogens is 3. The van der Waals surface area contributed by atoms with E-state index in [9.17, 15) is 34.8 Å². The molecule has 220 valence electrons. The molecule has 0 atom stereocenters. The van der Waals surface area contributed by atoms with E-state index in [4.69, 9.17) is 0 Å². The molecule has 6 nitrogen and oxygen atoms in total. The summed E-state index contributed by atoms with van der Waals surface area (Å²) in [5, 5.41) is 0. The SMILES string of the molecule is C/C(=C/CC(C/C=C(\C)COC(=O)C(F)(F)F)(S(=O)(=O)c1ccccc1)S(=O)(=O)c1ccccc1)C[Si](C)(C)C. The first kappa shape index (κ1) is 33.5. The fraction of sp³-hybridized carbons (Fsp3) is 0.393. The summed E-state index contributed by atoms with van der Waals surface area (Å²) < 4.78 is 96.9. The Morgan fingerprint density at radius 1 is 0.775 bits per heavy atom. The summed E-state index contributed by atoms with van der Waals surface area (Å²) in [7, 11) is -10.9. The van der Waals surface area contributed by atoms with E-state index in [1.54, 1.807) is 18.2 Å². The van der Waals surface area contributed by atoms with Crippen LogP contribution in [-0.2, 0) is 29.2 Å². The highest BCUT2D eigenvalue weighted by atomic mass is 32.3. The number of rotatable bonds is 12. The largest absolute Gasteiger partial charge is 0.490 e. The van der Waals surface area contributed by atoms with E-state index < -0.39 is 63.4 Å². The number of allylic oxidation sites excluding steroid dienone is 3. The van der Waals surface area contributed by atoms with Gasteiger partial charge in [0.15, 0.2) is 23.8 Å². The first-order valence-electron chi connectivity index (χ1n) is 12.5. The van der Waals surface area contributed by atoms with Gasteiger partial charge in [-0.05, 0) is 49.7 Å². The Morgan fingerprint density at radius 3 is 1.55 bits per heavy atom. The van der Waals surface area contributed by atoms with Crippen molar-refractivity contribution in [1.82, 2.24) is 0 Å². The van der Waals surface area contributed by atoms with Gasteiger partial charge < -0.3 is 4.74 Å². The van der Waals surface area contributed by atoms with Crippen LogP contribution in [0.5, 0.6) is 0 Å². The maximum Gasteiger partial charge on any atom is 0.490 e. The number of benzene rings is 2. The number of sulfone groups is 2. The van der Waals surface area contributed by atoms with Gasteiger partial charge in [-0.3, -0.25) is 0 Å². The summed E-state index contributed by atoms with van der Waals surface area (Å²) in [6.45, 7) is 8.78. The molecule has 0 saturated carbocycles. The monoisotopic (exact) mass is 616 g/mol. The molecule has 0 aliphatic carbocycles. The molecule has 0 amide bonds. The summed E-state index contributed by atoms with van der Waals surface area (Å²) in [4.78, 5) is 10.8. The van der Waals surface area contributed by atoms with E-state index in [2.05, 4.69) is 24.4 Å². The first-order chi connectivity index (χ1) is 18.3. The first-order valence-corrected chi connectivity index (χ1v) is 19.2. The third-order valence-electron chi connectivity index (χ3n) is 6.08. The Kier molecular flexibility index (Phi) is 10.8. The second kappa shape index (κ2) is 12.9. The van der Waals surface area contributed by atoms with Gasteiger partial charge in [0, 0.05) is 20.9 Å². The van der Waals surface area contributed by atoms with Gasteiger partial charge in [0.25, 0.3) is 0 Å². The molecule has 2 aromatic carbocycles. The summed E-state index contributed by atoms with van der Waals surface area (Å²) >= 11 is 0. The third-order valence-corrected chi connectivity index (χ3v) is 13.4. The predicted octanol–water partition coefficient (Wildman–Crippen LogP) is 6.75. The molecule has 0 fully saturated rings. The van der Waals surface area contributed by atoms with Crippen LogP contribution in [0.1, 0.15) is 26.7 Å². The summed E-state index contributed by atoms with van der Waals surface area (Å²) in [6.07, 6.45) is -3.34. The Labute approximate surface area is 235 Å². The predicted molar refractivity (Wildman–Crippen MR) is 152 cm³/mol. The van der Waals surface area contributed by atoms with Crippen molar-refractivity contribution in [3.05, 3.63) is 84.0 Å². The number of hydrogen-bond donors (Lipinski definition) is 0. The van der Waals surface area contributed by atoms with Crippen LogP contribution in [0.25, 0.3) is 0 Å². The molecule has 0 heterocycles. The van der Waals surface area contributed by atoms with Gasteiger partial charge in [-0.1, -0.05) is 73.8 Å². The van der Waals surface area contributed by atoms with E-state index in [1.165, 1.54) is 61.5 Å². The van der Waals surface area contributed by atoms with Crippen LogP contribution < -0.4 is 0 Å². The van der Waals surface area contributed by atoms with Gasteiger partial charge >= 0.3 is 12.1 Å². The van der Waals surface area contributed by atoms with Gasteiger partial charge in [0.05, 0.1) is 9.79 Å². The molecule has 2 rings (SSSR count). The minimum atomic E-state index is -5.20. The molecule has 0 radical (unpaired) electrons. The van der Waals surface area contributed by atoms with Crippen LogP contribution in [0, 0.1) is 0 Å². The molecule has 40 heavy (non-hydrogen) atoms. The zero-order valence-electron chi connectivity index (χ0n) is 23.2. The zero-order chi connectivity index (χ0) is 30.4. The van der Waals surface area contributed by atoms with E-state index in [1.807, 2.05) is 6.92 Å². The van der Waals surface area contributed by atoms with Crippen LogP contribution in [0.15, 0.2) is 93.8 Å². The third kappa shape index (κ3) is 8.17. The van der Waals surface area contributed by atoms with Crippen molar-refractivity contribution in [2.45, 2.75) is 72.4 Å². The lowest BCUT2D eigenvalue weighted by molar-refractivity contribution is -0.198. The van der Waals surface area contributed by atoms with Crippen molar-refractivity contribution in [2.24, 2.45) is 0 Å². The highest BCUT2D eigenvalue weighted by molar-refractivity contribution is 8.10. The van der Waals surface area contributed by atoms with Crippen LogP contribution in [-0.4, -0.2) is 47.7 Å². The van der Waals surface area contributed by atoms with Crippen molar-refractivity contribution in [1.29, 1.82) is 0 Å². The Bertz CT molecular complexity index is 1370. The number of hydrogen-bond acceptors (Lipinski definition) is 6. The van der Waals surface area contributed by atoms with Crippen LogP contribution >= 0.6 is 0 Å². The normalized spacial score (nSPS) is 14.2. The number of alkyl halides is 3.